The fraction of sp³-hybridized carbons (Fsp3) is 0.500. The van der Waals surface area contributed by atoms with Gasteiger partial charge in [-0.05, 0) is 48.8 Å². The third-order valence-corrected chi connectivity index (χ3v) is 4.48. The van der Waals surface area contributed by atoms with Gasteiger partial charge in [0.15, 0.2) is 0 Å². The molecule has 3 nitrogen and oxygen atoms in total. The second-order valence-corrected chi connectivity index (χ2v) is 6.14. The summed E-state index contributed by atoms with van der Waals surface area (Å²) in [7, 11) is 0. The molecule has 2 aliphatic carbocycles. The maximum atomic E-state index is 14.6. The van der Waals surface area contributed by atoms with E-state index >= 15 is 0 Å². The van der Waals surface area contributed by atoms with E-state index < -0.39 is 23.0 Å². The smallest absolute Gasteiger partial charge is 0.323 e. The summed E-state index contributed by atoms with van der Waals surface area (Å²) in [6.07, 6.45) is 1.19. The molecule has 0 heterocycles. The number of halogens is 2. The van der Waals surface area contributed by atoms with Gasteiger partial charge in [0, 0.05) is 0 Å². The first kappa shape index (κ1) is 12.5. The van der Waals surface area contributed by atoms with Crippen molar-refractivity contribution < 1.29 is 18.7 Å². The van der Waals surface area contributed by atoms with Crippen molar-refractivity contribution in [2.24, 2.45) is 11.1 Å². The van der Waals surface area contributed by atoms with Crippen LogP contribution in [0.3, 0.4) is 0 Å². The monoisotopic (exact) mass is 267 g/mol. The third-order valence-electron chi connectivity index (χ3n) is 4.48. The molecule has 2 saturated carbocycles. The van der Waals surface area contributed by atoms with Crippen LogP contribution in [-0.4, -0.2) is 16.6 Å². The van der Waals surface area contributed by atoms with Crippen molar-refractivity contribution in [2.45, 2.75) is 36.9 Å². The fourth-order valence-electron chi connectivity index (χ4n) is 3.78. The van der Waals surface area contributed by atoms with Crippen molar-refractivity contribution in [3.8, 4) is 0 Å². The maximum Gasteiger partial charge on any atom is 0.323 e. The molecule has 0 atom stereocenters. The minimum Gasteiger partial charge on any atom is -0.480 e. The third kappa shape index (κ3) is 1.75. The van der Waals surface area contributed by atoms with Crippen LogP contribution in [0, 0.1) is 11.2 Å². The Morgan fingerprint density at radius 2 is 1.68 bits per heavy atom. The zero-order valence-electron chi connectivity index (χ0n) is 10.3. The molecule has 0 unspecified atom stereocenters. The van der Waals surface area contributed by atoms with E-state index in [-0.39, 0.29) is 18.3 Å². The second-order valence-electron chi connectivity index (χ2n) is 6.14. The normalized spacial score (nSPS) is 40.6. The van der Waals surface area contributed by atoms with Gasteiger partial charge in [-0.25, -0.2) is 8.78 Å². The van der Waals surface area contributed by atoms with Gasteiger partial charge in [0.05, 0.1) is 0 Å². The van der Waals surface area contributed by atoms with E-state index in [1.807, 2.05) is 0 Å². The molecule has 2 fully saturated rings. The molecule has 0 amide bonds. The number of nitrogens with two attached hydrogens (primary N) is 1. The van der Waals surface area contributed by atoms with Gasteiger partial charge in [0.25, 0.3) is 0 Å². The number of alkyl halides is 1. The van der Waals surface area contributed by atoms with Crippen LogP contribution in [-0.2, 0) is 10.5 Å². The number of carboxylic acids is 1. The van der Waals surface area contributed by atoms with Crippen LogP contribution in [0.2, 0.25) is 0 Å². The van der Waals surface area contributed by atoms with E-state index in [0.717, 1.165) is 0 Å². The SMILES string of the molecule is NC1(C(=O)O)CC2(C1)CC(F)(c1ccc(F)cc1)C2. The lowest BCUT2D eigenvalue weighted by Gasteiger charge is -2.62. The Kier molecular flexibility index (Phi) is 2.33. The first-order valence-electron chi connectivity index (χ1n) is 6.24. The standard InChI is InChI=1S/C14H15F2NO2/c15-10-3-1-9(2-4-10)13(16)5-12(6-13)7-14(17,8-12)11(18)19/h1-4H,5-8,17H2,(H,18,19). The van der Waals surface area contributed by atoms with Gasteiger partial charge in [0.2, 0.25) is 0 Å². The van der Waals surface area contributed by atoms with E-state index in [1.54, 1.807) is 0 Å². The number of carbonyl (C=O) groups is 1. The second kappa shape index (κ2) is 3.54. The van der Waals surface area contributed by atoms with E-state index in [1.165, 1.54) is 24.3 Å². The Morgan fingerprint density at radius 3 is 2.16 bits per heavy atom. The summed E-state index contributed by atoms with van der Waals surface area (Å²) >= 11 is 0. The van der Waals surface area contributed by atoms with Crippen molar-refractivity contribution in [3.05, 3.63) is 35.6 Å². The minimum atomic E-state index is -1.46. The predicted octanol–water partition coefficient (Wildman–Crippen LogP) is 2.35. The van der Waals surface area contributed by atoms with E-state index in [2.05, 4.69) is 0 Å². The van der Waals surface area contributed by atoms with E-state index in [4.69, 9.17) is 10.8 Å². The summed E-state index contributed by atoms with van der Waals surface area (Å²) in [6, 6.07) is 5.39. The van der Waals surface area contributed by atoms with Crippen LogP contribution in [0.25, 0.3) is 0 Å². The van der Waals surface area contributed by atoms with Crippen LogP contribution in [0.15, 0.2) is 24.3 Å². The highest BCUT2D eigenvalue weighted by atomic mass is 19.1. The molecule has 3 rings (SSSR count). The first-order chi connectivity index (χ1) is 8.77. The average Bonchev–Trinajstić information content (AvgIpc) is 2.25. The summed E-state index contributed by atoms with van der Waals surface area (Å²) in [5.41, 5.74) is 3.23. The zero-order chi connectivity index (χ0) is 13.9. The molecule has 1 spiro atoms. The zero-order valence-corrected chi connectivity index (χ0v) is 10.3. The topological polar surface area (TPSA) is 63.3 Å². The van der Waals surface area contributed by atoms with Gasteiger partial charge in [-0.1, -0.05) is 12.1 Å². The molecule has 0 radical (unpaired) electrons. The maximum absolute atomic E-state index is 14.6. The quantitative estimate of drug-likeness (QED) is 0.864. The lowest BCUT2D eigenvalue weighted by atomic mass is 9.44. The van der Waals surface area contributed by atoms with E-state index in [0.29, 0.717) is 18.4 Å². The highest BCUT2D eigenvalue weighted by Crippen LogP contribution is 2.67. The predicted molar refractivity (Wildman–Crippen MR) is 64.6 cm³/mol. The number of rotatable bonds is 2. The summed E-state index contributed by atoms with van der Waals surface area (Å²) in [6.45, 7) is 0. The van der Waals surface area contributed by atoms with Crippen molar-refractivity contribution >= 4 is 5.97 Å². The number of hydrogen-bond donors (Lipinski definition) is 2. The Hall–Kier alpha value is -1.49. The minimum absolute atomic E-state index is 0.276. The summed E-state index contributed by atoms with van der Waals surface area (Å²) in [5, 5.41) is 8.96. The molecule has 1 aromatic carbocycles. The largest absolute Gasteiger partial charge is 0.480 e. The summed E-state index contributed by atoms with van der Waals surface area (Å²) < 4.78 is 27.4. The van der Waals surface area contributed by atoms with Gasteiger partial charge in [-0.15, -0.1) is 0 Å². The molecule has 0 saturated heterocycles. The van der Waals surface area contributed by atoms with Crippen LogP contribution in [0.1, 0.15) is 31.2 Å². The number of benzene rings is 1. The Morgan fingerprint density at radius 1 is 1.16 bits per heavy atom. The van der Waals surface area contributed by atoms with Gasteiger partial charge in [0.1, 0.15) is 17.0 Å². The highest BCUT2D eigenvalue weighted by Gasteiger charge is 2.67. The average molecular weight is 267 g/mol. The molecule has 0 aliphatic heterocycles. The van der Waals surface area contributed by atoms with Gasteiger partial charge >= 0.3 is 5.97 Å². The van der Waals surface area contributed by atoms with E-state index in [9.17, 15) is 13.6 Å². The van der Waals surface area contributed by atoms with Crippen LogP contribution in [0.5, 0.6) is 0 Å². The molecule has 1 aromatic rings. The first-order valence-corrected chi connectivity index (χ1v) is 6.24. The molecule has 0 aromatic heterocycles. The Bertz CT molecular complexity index is 527. The number of carboxylic acid groups (broad SMARTS) is 1. The molecule has 0 bridgehead atoms. The van der Waals surface area contributed by atoms with Crippen LogP contribution < -0.4 is 5.73 Å². The fourth-order valence-corrected chi connectivity index (χ4v) is 3.78. The molecular formula is C14H15F2NO2. The lowest BCUT2D eigenvalue weighted by molar-refractivity contribution is -0.180. The summed E-state index contributed by atoms with van der Waals surface area (Å²) in [5.74, 6) is -1.41. The van der Waals surface area contributed by atoms with Crippen molar-refractivity contribution in [1.82, 2.24) is 0 Å². The summed E-state index contributed by atoms with van der Waals surface area (Å²) in [4.78, 5) is 10.9. The lowest BCUT2D eigenvalue weighted by Crippen LogP contribution is -2.68. The van der Waals surface area contributed by atoms with Crippen molar-refractivity contribution in [1.29, 1.82) is 0 Å². The van der Waals surface area contributed by atoms with Crippen LogP contribution in [0.4, 0.5) is 8.78 Å². The Labute approximate surface area is 109 Å². The molecule has 102 valence electrons. The number of aliphatic carboxylic acids is 1. The molecule has 19 heavy (non-hydrogen) atoms. The van der Waals surface area contributed by atoms with Gasteiger partial charge < -0.3 is 10.8 Å². The van der Waals surface area contributed by atoms with Gasteiger partial charge in [-0.3, -0.25) is 4.79 Å². The Balaban J connectivity index is 1.70. The van der Waals surface area contributed by atoms with Crippen LogP contribution >= 0.6 is 0 Å². The number of hydrogen-bond acceptors (Lipinski definition) is 2. The molecule has 5 heteroatoms. The van der Waals surface area contributed by atoms with Crippen molar-refractivity contribution in [3.63, 3.8) is 0 Å². The molecule has 2 aliphatic rings. The van der Waals surface area contributed by atoms with Gasteiger partial charge in [-0.2, -0.15) is 0 Å². The van der Waals surface area contributed by atoms with Crippen molar-refractivity contribution in [2.75, 3.05) is 0 Å². The highest BCUT2D eigenvalue weighted by molar-refractivity contribution is 5.80. The molecule has 3 N–H and O–H groups in total. The molecular weight excluding hydrogens is 252 g/mol.